The lowest BCUT2D eigenvalue weighted by atomic mass is 9.97. The molecule has 0 aromatic heterocycles. The summed E-state index contributed by atoms with van der Waals surface area (Å²) in [5, 5.41) is 0. The average Bonchev–Trinajstić information content (AvgIpc) is 2.23. The van der Waals surface area contributed by atoms with Gasteiger partial charge in [-0.05, 0) is 23.5 Å². The van der Waals surface area contributed by atoms with Gasteiger partial charge in [-0.2, -0.15) is 0 Å². The van der Waals surface area contributed by atoms with Crippen molar-refractivity contribution < 1.29 is 9.05 Å². The lowest BCUT2D eigenvalue weighted by Gasteiger charge is -2.32. The van der Waals surface area contributed by atoms with Crippen LogP contribution in [0.4, 0.5) is 0 Å². The molecular formula is C11H15O2PS. The fraction of sp³-hybridized carbons (Fsp3) is 0.455. The highest BCUT2D eigenvalue weighted by Crippen LogP contribution is 2.58. The first kappa shape index (κ1) is 11.4. The van der Waals surface area contributed by atoms with E-state index in [1.165, 1.54) is 4.90 Å². The van der Waals surface area contributed by atoms with Crippen molar-refractivity contribution in [1.82, 2.24) is 0 Å². The molecule has 82 valence electrons. The van der Waals surface area contributed by atoms with Crippen LogP contribution in [-0.2, 0) is 9.05 Å². The van der Waals surface area contributed by atoms with E-state index in [1.54, 1.807) is 11.4 Å². The molecular weight excluding hydrogens is 227 g/mol. The maximum absolute atomic E-state index is 5.70. The van der Waals surface area contributed by atoms with Crippen molar-refractivity contribution in [3.05, 3.63) is 30.3 Å². The standard InChI is InChI=1S/C11H15O2PS/c1-11(2)8-12-14(13-9-11)15-10-6-4-3-5-7-10/h3-7H,8-9H2,1-2H3. The van der Waals surface area contributed by atoms with Gasteiger partial charge in [-0.3, -0.25) is 0 Å². The predicted octanol–water partition coefficient (Wildman–Crippen LogP) is 4.08. The quantitative estimate of drug-likeness (QED) is 0.728. The van der Waals surface area contributed by atoms with E-state index in [1.807, 2.05) is 18.2 Å². The number of rotatable bonds is 2. The smallest absolute Gasteiger partial charge is 0.243 e. The van der Waals surface area contributed by atoms with Crippen LogP contribution in [0.1, 0.15) is 13.8 Å². The zero-order valence-corrected chi connectivity index (χ0v) is 10.7. The molecule has 2 rings (SSSR count). The summed E-state index contributed by atoms with van der Waals surface area (Å²) in [6.07, 6.45) is 0. The molecule has 0 radical (unpaired) electrons. The van der Waals surface area contributed by atoms with Crippen LogP contribution in [-0.4, -0.2) is 13.2 Å². The second-order valence-corrected chi connectivity index (χ2v) is 7.40. The molecule has 0 atom stereocenters. The lowest BCUT2D eigenvalue weighted by molar-refractivity contribution is 0.0686. The van der Waals surface area contributed by atoms with E-state index in [2.05, 4.69) is 26.0 Å². The average molecular weight is 242 g/mol. The Morgan fingerprint density at radius 2 is 1.73 bits per heavy atom. The number of benzene rings is 1. The minimum atomic E-state index is -0.790. The van der Waals surface area contributed by atoms with Gasteiger partial charge in [0, 0.05) is 10.3 Å². The first-order valence-electron chi connectivity index (χ1n) is 4.95. The molecule has 1 aliphatic heterocycles. The van der Waals surface area contributed by atoms with Gasteiger partial charge in [0.25, 0.3) is 0 Å². The molecule has 1 aromatic carbocycles. The van der Waals surface area contributed by atoms with E-state index >= 15 is 0 Å². The first-order chi connectivity index (χ1) is 7.16. The van der Waals surface area contributed by atoms with E-state index in [0.29, 0.717) is 0 Å². The molecule has 4 heteroatoms. The Kier molecular flexibility index (Phi) is 3.68. The highest BCUT2D eigenvalue weighted by molar-refractivity contribution is 8.52. The van der Waals surface area contributed by atoms with Gasteiger partial charge < -0.3 is 9.05 Å². The van der Waals surface area contributed by atoms with Crippen LogP contribution in [0.15, 0.2) is 35.2 Å². The summed E-state index contributed by atoms with van der Waals surface area (Å²) in [6.45, 7) is 5.90. The lowest BCUT2D eigenvalue weighted by Crippen LogP contribution is -2.27. The maximum atomic E-state index is 5.70. The Morgan fingerprint density at radius 3 is 2.33 bits per heavy atom. The molecule has 1 aromatic rings. The fourth-order valence-corrected chi connectivity index (χ4v) is 4.21. The van der Waals surface area contributed by atoms with Gasteiger partial charge in [-0.1, -0.05) is 32.0 Å². The molecule has 0 bridgehead atoms. The molecule has 0 unspecified atom stereocenters. The Hall–Kier alpha value is -0.0800. The number of hydrogen-bond donors (Lipinski definition) is 0. The summed E-state index contributed by atoms with van der Waals surface area (Å²) in [6, 6.07) is 10.2. The fourth-order valence-electron chi connectivity index (χ4n) is 1.15. The normalized spacial score (nSPS) is 21.5. The third kappa shape index (κ3) is 3.46. The highest BCUT2D eigenvalue weighted by Gasteiger charge is 2.29. The molecule has 15 heavy (non-hydrogen) atoms. The minimum Gasteiger partial charge on any atom is -0.325 e. The van der Waals surface area contributed by atoms with Gasteiger partial charge in [0.05, 0.1) is 13.2 Å². The number of hydrogen-bond acceptors (Lipinski definition) is 3. The Balaban J connectivity index is 1.88. The maximum Gasteiger partial charge on any atom is 0.243 e. The molecule has 1 aliphatic rings. The summed E-state index contributed by atoms with van der Waals surface area (Å²) in [5.41, 5.74) is 0.163. The van der Waals surface area contributed by atoms with Gasteiger partial charge in [0.1, 0.15) is 0 Å². The summed E-state index contributed by atoms with van der Waals surface area (Å²) >= 11 is 1.69. The first-order valence-corrected chi connectivity index (χ1v) is 7.55. The van der Waals surface area contributed by atoms with Crippen molar-refractivity contribution in [2.75, 3.05) is 13.2 Å². The Labute approximate surface area is 96.0 Å². The third-order valence-corrected chi connectivity index (χ3v) is 5.07. The zero-order valence-electron chi connectivity index (χ0n) is 8.97. The third-order valence-electron chi connectivity index (χ3n) is 2.04. The van der Waals surface area contributed by atoms with Gasteiger partial charge >= 0.3 is 0 Å². The summed E-state index contributed by atoms with van der Waals surface area (Å²) in [7, 11) is -0.790. The van der Waals surface area contributed by atoms with Crippen LogP contribution in [0.2, 0.25) is 0 Å². The van der Waals surface area contributed by atoms with E-state index in [0.717, 1.165) is 13.2 Å². The van der Waals surface area contributed by atoms with Crippen LogP contribution in [0.5, 0.6) is 0 Å². The van der Waals surface area contributed by atoms with Crippen LogP contribution in [0.3, 0.4) is 0 Å². The molecule has 2 nitrogen and oxygen atoms in total. The van der Waals surface area contributed by atoms with Crippen molar-refractivity contribution in [2.24, 2.45) is 5.41 Å². The molecule has 0 aliphatic carbocycles. The van der Waals surface area contributed by atoms with Crippen LogP contribution < -0.4 is 0 Å². The van der Waals surface area contributed by atoms with Gasteiger partial charge in [0.2, 0.25) is 7.58 Å². The topological polar surface area (TPSA) is 18.5 Å². The van der Waals surface area contributed by atoms with Gasteiger partial charge in [0.15, 0.2) is 0 Å². The second-order valence-electron chi connectivity index (χ2n) is 4.34. The molecule has 0 saturated carbocycles. The van der Waals surface area contributed by atoms with Crippen LogP contribution in [0, 0.1) is 5.41 Å². The van der Waals surface area contributed by atoms with E-state index in [4.69, 9.17) is 9.05 Å². The molecule has 1 fully saturated rings. The largest absolute Gasteiger partial charge is 0.325 e. The monoisotopic (exact) mass is 242 g/mol. The Morgan fingerprint density at radius 1 is 1.13 bits per heavy atom. The van der Waals surface area contributed by atoms with Crippen molar-refractivity contribution in [1.29, 1.82) is 0 Å². The summed E-state index contributed by atoms with van der Waals surface area (Å²) in [4.78, 5) is 1.21. The van der Waals surface area contributed by atoms with Crippen molar-refractivity contribution in [2.45, 2.75) is 18.7 Å². The summed E-state index contributed by atoms with van der Waals surface area (Å²) in [5.74, 6) is 0. The van der Waals surface area contributed by atoms with Crippen molar-refractivity contribution in [3.8, 4) is 0 Å². The van der Waals surface area contributed by atoms with Crippen LogP contribution >= 0.6 is 19.0 Å². The second kappa shape index (κ2) is 4.84. The van der Waals surface area contributed by atoms with Crippen molar-refractivity contribution in [3.63, 3.8) is 0 Å². The van der Waals surface area contributed by atoms with Gasteiger partial charge in [-0.15, -0.1) is 0 Å². The van der Waals surface area contributed by atoms with E-state index < -0.39 is 7.58 Å². The molecule has 0 amide bonds. The van der Waals surface area contributed by atoms with Crippen molar-refractivity contribution >= 4 is 19.0 Å². The molecule has 0 spiro atoms. The Bertz CT molecular complexity index is 306. The summed E-state index contributed by atoms with van der Waals surface area (Å²) < 4.78 is 11.4. The van der Waals surface area contributed by atoms with Crippen LogP contribution in [0.25, 0.3) is 0 Å². The molecule has 1 saturated heterocycles. The van der Waals surface area contributed by atoms with Gasteiger partial charge in [-0.25, -0.2) is 0 Å². The minimum absolute atomic E-state index is 0.163. The predicted molar refractivity (Wildman–Crippen MR) is 64.9 cm³/mol. The van der Waals surface area contributed by atoms with E-state index in [9.17, 15) is 0 Å². The SMILES string of the molecule is CC1(C)COP(Sc2ccccc2)OC1. The zero-order chi connectivity index (χ0) is 10.7. The van der Waals surface area contributed by atoms with E-state index in [-0.39, 0.29) is 5.41 Å². The highest BCUT2D eigenvalue weighted by atomic mass is 32.7. The molecule has 1 heterocycles. The molecule has 0 N–H and O–H groups in total.